The SMILES string of the molecule is O=C1COc2cc(NC(=O)N3CCC[C@@H](c4nc(-c5cccc(F)c5)no4)C3)c(Cl)cc2N1. The number of fused-ring (bicyclic) bond motifs is 1. The quantitative estimate of drug-likeness (QED) is 0.590. The van der Waals surface area contributed by atoms with E-state index in [1.165, 1.54) is 18.2 Å². The molecule has 0 spiro atoms. The summed E-state index contributed by atoms with van der Waals surface area (Å²) in [6.45, 7) is 0.839. The first-order chi connectivity index (χ1) is 16.0. The van der Waals surface area contributed by atoms with E-state index in [0.717, 1.165) is 12.8 Å². The number of anilines is 2. The average Bonchev–Trinajstić information content (AvgIpc) is 3.30. The number of hydrogen-bond donors (Lipinski definition) is 2. The molecule has 3 aromatic rings. The van der Waals surface area contributed by atoms with Crippen molar-refractivity contribution in [3.8, 4) is 17.1 Å². The minimum atomic E-state index is -0.381. The summed E-state index contributed by atoms with van der Waals surface area (Å²) >= 11 is 6.29. The van der Waals surface area contributed by atoms with Crippen LogP contribution in [0.4, 0.5) is 20.6 Å². The third kappa shape index (κ3) is 4.47. The van der Waals surface area contributed by atoms with Gasteiger partial charge in [0.2, 0.25) is 11.7 Å². The summed E-state index contributed by atoms with van der Waals surface area (Å²) in [5.74, 6) is 0.351. The van der Waals surface area contributed by atoms with Crippen molar-refractivity contribution < 1.29 is 23.2 Å². The van der Waals surface area contributed by atoms with E-state index in [1.54, 1.807) is 23.1 Å². The largest absolute Gasteiger partial charge is 0.482 e. The fraction of sp³-hybridized carbons (Fsp3) is 0.273. The molecule has 1 aromatic heterocycles. The van der Waals surface area contributed by atoms with E-state index >= 15 is 0 Å². The highest BCUT2D eigenvalue weighted by molar-refractivity contribution is 6.34. The molecule has 0 radical (unpaired) electrons. The van der Waals surface area contributed by atoms with Crippen LogP contribution in [-0.2, 0) is 4.79 Å². The fourth-order valence-corrected chi connectivity index (χ4v) is 4.11. The average molecular weight is 472 g/mol. The van der Waals surface area contributed by atoms with Crippen LogP contribution in [0.25, 0.3) is 11.4 Å². The molecule has 2 aliphatic heterocycles. The number of nitrogens with zero attached hydrogens (tertiary/aromatic N) is 3. The lowest BCUT2D eigenvalue weighted by Crippen LogP contribution is -2.41. The molecular formula is C22H19ClFN5O4. The van der Waals surface area contributed by atoms with Crippen LogP contribution < -0.4 is 15.4 Å². The molecule has 1 atom stereocenters. The summed E-state index contributed by atoms with van der Waals surface area (Å²) < 4.78 is 24.3. The van der Waals surface area contributed by atoms with Crippen molar-refractivity contribution >= 4 is 34.9 Å². The number of hydrogen-bond acceptors (Lipinski definition) is 6. The van der Waals surface area contributed by atoms with E-state index in [1.807, 2.05) is 0 Å². The maximum absolute atomic E-state index is 13.5. The molecule has 33 heavy (non-hydrogen) atoms. The minimum Gasteiger partial charge on any atom is -0.482 e. The van der Waals surface area contributed by atoms with Crippen LogP contribution in [0.2, 0.25) is 5.02 Å². The van der Waals surface area contributed by atoms with Gasteiger partial charge < -0.3 is 24.8 Å². The maximum atomic E-state index is 13.5. The molecule has 0 aliphatic carbocycles. The second-order valence-electron chi connectivity index (χ2n) is 7.85. The van der Waals surface area contributed by atoms with E-state index < -0.39 is 0 Å². The van der Waals surface area contributed by atoms with Crippen LogP contribution in [0, 0.1) is 5.82 Å². The van der Waals surface area contributed by atoms with Gasteiger partial charge in [-0.15, -0.1) is 0 Å². The summed E-state index contributed by atoms with van der Waals surface area (Å²) in [6.07, 6.45) is 1.53. The lowest BCUT2D eigenvalue weighted by atomic mass is 9.98. The number of halogens is 2. The van der Waals surface area contributed by atoms with Gasteiger partial charge in [0.15, 0.2) is 6.61 Å². The van der Waals surface area contributed by atoms with Gasteiger partial charge >= 0.3 is 6.03 Å². The Labute approximate surface area is 192 Å². The summed E-state index contributed by atoms with van der Waals surface area (Å²) in [4.78, 5) is 30.4. The lowest BCUT2D eigenvalue weighted by molar-refractivity contribution is -0.118. The second kappa shape index (κ2) is 8.70. The molecule has 0 unspecified atom stereocenters. The molecule has 3 heterocycles. The number of aromatic nitrogens is 2. The van der Waals surface area contributed by atoms with Gasteiger partial charge in [-0.05, 0) is 31.0 Å². The van der Waals surface area contributed by atoms with Crippen LogP contribution in [0.15, 0.2) is 40.9 Å². The van der Waals surface area contributed by atoms with Crippen molar-refractivity contribution in [3.05, 3.63) is 53.1 Å². The number of piperidine rings is 1. The van der Waals surface area contributed by atoms with Crippen molar-refractivity contribution in [2.75, 3.05) is 30.3 Å². The van der Waals surface area contributed by atoms with Crippen LogP contribution in [-0.4, -0.2) is 46.7 Å². The predicted octanol–water partition coefficient (Wildman–Crippen LogP) is 4.27. The Bertz CT molecular complexity index is 1230. The summed E-state index contributed by atoms with van der Waals surface area (Å²) in [7, 11) is 0. The van der Waals surface area contributed by atoms with E-state index in [0.29, 0.717) is 47.5 Å². The van der Waals surface area contributed by atoms with Gasteiger partial charge in [0, 0.05) is 24.7 Å². The summed E-state index contributed by atoms with van der Waals surface area (Å²) in [5, 5.41) is 9.72. The molecule has 2 N–H and O–H groups in total. The van der Waals surface area contributed by atoms with Crippen molar-refractivity contribution in [3.63, 3.8) is 0 Å². The van der Waals surface area contributed by atoms with Crippen molar-refractivity contribution in [2.45, 2.75) is 18.8 Å². The molecule has 11 heteroatoms. The third-order valence-corrected chi connectivity index (χ3v) is 5.84. The zero-order chi connectivity index (χ0) is 22.9. The normalized spacial score (nSPS) is 17.7. The third-order valence-electron chi connectivity index (χ3n) is 5.53. The number of likely N-dealkylation sites (tertiary alicyclic amines) is 1. The standard InChI is InChI=1S/C22H19ClFN5O4/c23-15-8-17-18(32-11-19(30)25-17)9-16(15)26-22(31)29-6-2-4-13(10-29)21-27-20(28-33-21)12-3-1-5-14(24)7-12/h1,3,5,7-9,13H,2,4,6,10-11H2,(H,25,30)(H,26,31)/t13-/m1/s1. The molecule has 170 valence electrons. The Morgan fingerprint density at radius 1 is 1.30 bits per heavy atom. The molecule has 0 bridgehead atoms. The Kier molecular flexibility index (Phi) is 5.59. The van der Waals surface area contributed by atoms with Gasteiger partial charge in [0.05, 0.1) is 22.3 Å². The number of amides is 3. The monoisotopic (exact) mass is 471 g/mol. The Hall–Kier alpha value is -3.66. The number of rotatable bonds is 3. The molecule has 9 nitrogen and oxygen atoms in total. The number of benzene rings is 2. The number of urea groups is 1. The predicted molar refractivity (Wildman–Crippen MR) is 118 cm³/mol. The minimum absolute atomic E-state index is 0.0996. The molecule has 2 aromatic carbocycles. The van der Waals surface area contributed by atoms with Crippen LogP contribution in [0.3, 0.4) is 0 Å². The smallest absolute Gasteiger partial charge is 0.321 e. The summed E-state index contributed by atoms with van der Waals surface area (Å²) in [6, 6.07) is 8.76. The van der Waals surface area contributed by atoms with Crippen LogP contribution in [0.5, 0.6) is 5.75 Å². The molecule has 1 saturated heterocycles. The number of carbonyl (C=O) groups is 2. The van der Waals surface area contributed by atoms with Gasteiger partial charge in [-0.2, -0.15) is 4.98 Å². The van der Waals surface area contributed by atoms with E-state index in [9.17, 15) is 14.0 Å². The fourth-order valence-electron chi connectivity index (χ4n) is 3.90. The zero-order valence-electron chi connectivity index (χ0n) is 17.3. The number of nitrogens with one attached hydrogen (secondary N) is 2. The Balaban J connectivity index is 1.28. The molecule has 0 saturated carbocycles. The summed E-state index contributed by atoms with van der Waals surface area (Å²) in [5.41, 5.74) is 1.36. The molecule has 3 amide bonds. The molecule has 2 aliphatic rings. The Morgan fingerprint density at radius 2 is 2.18 bits per heavy atom. The molecular weight excluding hydrogens is 453 g/mol. The number of ether oxygens (including phenoxy) is 1. The van der Waals surface area contributed by atoms with E-state index in [-0.39, 0.29) is 35.3 Å². The van der Waals surface area contributed by atoms with Gasteiger partial charge in [0.1, 0.15) is 11.6 Å². The number of carbonyl (C=O) groups excluding carboxylic acids is 2. The van der Waals surface area contributed by atoms with Crippen LogP contribution >= 0.6 is 11.6 Å². The van der Waals surface area contributed by atoms with Crippen molar-refractivity contribution in [1.29, 1.82) is 0 Å². The van der Waals surface area contributed by atoms with E-state index in [4.69, 9.17) is 20.9 Å². The Morgan fingerprint density at radius 3 is 3.03 bits per heavy atom. The first-order valence-electron chi connectivity index (χ1n) is 10.4. The van der Waals surface area contributed by atoms with Gasteiger partial charge in [-0.25, -0.2) is 9.18 Å². The maximum Gasteiger partial charge on any atom is 0.321 e. The lowest BCUT2D eigenvalue weighted by Gasteiger charge is -2.31. The highest BCUT2D eigenvalue weighted by atomic mass is 35.5. The van der Waals surface area contributed by atoms with Crippen molar-refractivity contribution in [1.82, 2.24) is 15.0 Å². The molecule has 5 rings (SSSR count). The van der Waals surface area contributed by atoms with Gasteiger partial charge in [0.25, 0.3) is 5.91 Å². The van der Waals surface area contributed by atoms with Gasteiger partial charge in [-0.3, -0.25) is 4.79 Å². The van der Waals surface area contributed by atoms with Gasteiger partial charge in [-0.1, -0.05) is 28.9 Å². The molecule has 1 fully saturated rings. The first kappa shape index (κ1) is 21.2. The highest BCUT2D eigenvalue weighted by Crippen LogP contribution is 2.37. The van der Waals surface area contributed by atoms with Crippen molar-refractivity contribution in [2.24, 2.45) is 0 Å². The topological polar surface area (TPSA) is 110 Å². The van der Waals surface area contributed by atoms with E-state index in [2.05, 4.69) is 20.8 Å². The van der Waals surface area contributed by atoms with Crippen LogP contribution in [0.1, 0.15) is 24.7 Å². The highest BCUT2D eigenvalue weighted by Gasteiger charge is 2.29. The zero-order valence-corrected chi connectivity index (χ0v) is 18.1. The first-order valence-corrected chi connectivity index (χ1v) is 10.8. The second-order valence-corrected chi connectivity index (χ2v) is 8.25.